The molecule has 3 fully saturated rings. The van der Waals surface area contributed by atoms with Crippen molar-refractivity contribution < 1.29 is 14.3 Å². The summed E-state index contributed by atoms with van der Waals surface area (Å²) in [6.45, 7) is 1.41. The van der Waals surface area contributed by atoms with Crippen LogP contribution >= 0.6 is 0 Å². The minimum atomic E-state index is 0.00181. The summed E-state index contributed by atoms with van der Waals surface area (Å²) < 4.78 is 11.2. The van der Waals surface area contributed by atoms with E-state index in [4.69, 9.17) is 14.5 Å². The van der Waals surface area contributed by atoms with Crippen LogP contribution in [0, 0.1) is 11.8 Å². The molecule has 0 radical (unpaired) electrons. The van der Waals surface area contributed by atoms with Crippen molar-refractivity contribution in [1.29, 1.82) is 0 Å². The second kappa shape index (κ2) is 6.32. The van der Waals surface area contributed by atoms with Crippen LogP contribution in [0.4, 0.5) is 0 Å². The van der Waals surface area contributed by atoms with Gasteiger partial charge < -0.3 is 14.8 Å². The third-order valence-corrected chi connectivity index (χ3v) is 6.16. The lowest BCUT2D eigenvalue weighted by Crippen LogP contribution is -2.62. The number of hydrogen-bond acceptors (Lipinski definition) is 4. The molecule has 3 aliphatic rings. The lowest BCUT2D eigenvalue weighted by Gasteiger charge is -2.47. The third kappa shape index (κ3) is 2.61. The number of nitrogens with one attached hydrogen (secondary N) is 1. The van der Waals surface area contributed by atoms with Gasteiger partial charge in [0.05, 0.1) is 23.8 Å². The molecule has 1 aromatic carbocycles. The number of hydrogen-bond donors (Lipinski definition) is 1. The van der Waals surface area contributed by atoms with E-state index in [2.05, 4.69) is 5.32 Å². The van der Waals surface area contributed by atoms with Gasteiger partial charge in [-0.2, -0.15) is 0 Å². The Morgan fingerprint density at radius 3 is 2.96 bits per heavy atom. The second-order valence-corrected chi connectivity index (χ2v) is 7.79. The summed E-state index contributed by atoms with van der Waals surface area (Å²) >= 11 is 0. The fourth-order valence-electron chi connectivity index (χ4n) is 4.64. The molecule has 1 amide bonds. The topological polar surface area (TPSA) is 60.5 Å². The van der Waals surface area contributed by atoms with Gasteiger partial charge in [0, 0.05) is 48.6 Å². The summed E-state index contributed by atoms with van der Waals surface area (Å²) in [4.78, 5) is 17.9. The van der Waals surface area contributed by atoms with Crippen molar-refractivity contribution in [2.24, 2.45) is 11.8 Å². The molecule has 2 aliphatic carbocycles. The first kappa shape index (κ1) is 16.2. The van der Waals surface area contributed by atoms with Crippen LogP contribution in [0.1, 0.15) is 41.2 Å². The van der Waals surface area contributed by atoms with E-state index in [-0.39, 0.29) is 24.0 Å². The number of amides is 1. The van der Waals surface area contributed by atoms with E-state index >= 15 is 0 Å². The average Bonchev–Trinajstić information content (AvgIpc) is 3.43. The number of para-hydroxylation sites is 1. The maximum absolute atomic E-state index is 13.2. The van der Waals surface area contributed by atoms with Crippen LogP contribution in [0.5, 0.6) is 0 Å². The quantitative estimate of drug-likeness (QED) is 0.899. The Balaban J connectivity index is 1.45. The molecule has 136 valence electrons. The minimum absolute atomic E-state index is 0.00181. The zero-order valence-electron chi connectivity index (χ0n) is 15.0. The summed E-state index contributed by atoms with van der Waals surface area (Å²) in [5, 5.41) is 4.22. The molecule has 2 aromatic rings. The van der Waals surface area contributed by atoms with Gasteiger partial charge in [0.25, 0.3) is 5.91 Å². The Labute approximate surface area is 153 Å². The standard InChI is InChI=1S/C21H24N2O3/c1-25-11-16-19(14-8-9-26-20(14)16)23-21(24)15-10-18(12-6-7-12)22-17-5-3-2-4-13(15)17/h2-5,10,12,14,16,19-20H,6-9,11H2,1H3,(H,23,24). The number of carbonyl (C=O) groups excluding carboxylic acids is 1. The predicted octanol–water partition coefficient (Wildman–Crippen LogP) is 2.89. The number of methoxy groups -OCH3 is 1. The van der Waals surface area contributed by atoms with Gasteiger partial charge in [-0.25, -0.2) is 0 Å². The fraction of sp³-hybridized carbons (Fsp3) is 0.524. The van der Waals surface area contributed by atoms with Crippen LogP contribution in [0.25, 0.3) is 10.9 Å². The van der Waals surface area contributed by atoms with Crippen LogP contribution in [0.3, 0.4) is 0 Å². The highest BCUT2D eigenvalue weighted by Gasteiger charge is 2.54. The molecule has 4 atom stereocenters. The largest absolute Gasteiger partial charge is 0.384 e. The van der Waals surface area contributed by atoms with E-state index in [1.165, 1.54) is 12.8 Å². The predicted molar refractivity (Wildman–Crippen MR) is 98.2 cm³/mol. The molecule has 5 heteroatoms. The van der Waals surface area contributed by atoms with Crippen molar-refractivity contribution in [3.05, 3.63) is 41.6 Å². The number of benzene rings is 1. The molecular weight excluding hydrogens is 328 g/mol. The smallest absolute Gasteiger partial charge is 0.252 e. The van der Waals surface area contributed by atoms with Gasteiger partial charge in [-0.15, -0.1) is 0 Å². The number of fused-ring (bicyclic) bond motifs is 2. The Kier molecular flexibility index (Phi) is 3.94. The van der Waals surface area contributed by atoms with Gasteiger partial charge in [-0.3, -0.25) is 9.78 Å². The molecule has 1 aliphatic heterocycles. The van der Waals surface area contributed by atoms with Crippen molar-refractivity contribution in [2.75, 3.05) is 20.3 Å². The Morgan fingerprint density at radius 1 is 1.31 bits per heavy atom. The molecule has 5 rings (SSSR count). The van der Waals surface area contributed by atoms with E-state index in [9.17, 15) is 4.79 Å². The number of pyridine rings is 1. The Hall–Kier alpha value is -1.98. The molecule has 1 N–H and O–H groups in total. The summed E-state index contributed by atoms with van der Waals surface area (Å²) in [6.07, 6.45) is 3.59. The van der Waals surface area contributed by atoms with E-state index in [1.807, 2.05) is 30.3 Å². The van der Waals surface area contributed by atoms with Crippen molar-refractivity contribution in [3.8, 4) is 0 Å². The van der Waals surface area contributed by atoms with Crippen molar-refractivity contribution in [1.82, 2.24) is 10.3 Å². The van der Waals surface area contributed by atoms with E-state index < -0.39 is 0 Å². The molecule has 26 heavy (non-hydrogen) atoms. The second-order valence-electron chi connectivity index (χ2n) is 7.79. The molecule has 1 saturated heterocycles. The lowest BCUT2D eigenvalue weighted by atomic mass is 9.67. The minimum Gasteiger partial charge on any atom is -0.384 e. The molecule has 1 aromatic heterocycles. The zero-order chi connectivity index (χ0) is 17.7. The Bertz CT molecular complexity index is 848. The molecule has 5 nitrogen and oxygen atoms in total. The van der Waals surface area contributed by atoms with Crippen molar-refractivity contribution in [2.45, 2.75) is 37.3 Å². The number of nitrogens with zero attached hydrogens (tertiary/aromatic N) is 1. The fourth-order valence-corrected chi connectivity index (χ4v) is 4.64. The number of aromatic nitrogens is 1. The highest BCUT2D eigenvalue weighted by molar-refractivity contribution is 6.06. The van der Waals surface area contributed by atoms with E-state index in [0.29, 0.717) is 18.4 Å². The van der Waals surface area contributed by atoms with Gasteiger partial charge >= 0.3 is 0 Å². The van der Waals surface area contributed by atoms with Crippen molar-refractivity contribution >= 4 is 16.8 Å². The molecule has 0 spiro atoms. The molecular formula is C21H24N2O3. The van der Waals surface area contributed by atoms with Gasteiger partial charge in [0.15, 0.2) is 0 Å². The maximum Gasteiger partial charge on any atom is 0.252 e. The van der Waals surface area contributed by atoms with Gasteiger partial charge in [-0.1, -0.05) is 18.2 Å². The number of ether oxygens (including phenoxy) is 2. The van der Waals surface area contributed by atoms with Gasteiger partial charge in [-0.05, 0) is 31.4 Å². The van der Waals surface area contributed by atoms with E-state index in [0.717, 1.165) is 35.2 Å². The first-order valence-corrected chi connectivity index (χ1v) is 9.57. The summed E-state index contributed by atoms with van der Waals surface area (Å²) in [6, 6.07) is 10.1. The van der Waals surface area contributed by atoms with Crippen LogP contribution in [-0.4, -0.2) is 43.4 Å². The zero-order valence-corrected chi connectivity index (χ0v) is 15.0. The Morgan fingerprint density at radius 2 is 2.15 bits per heavy atom. The summed E-state index contributed by atoms with van der Waals surface area (Å²) in [5.41, 5.74) is 2.71. The third-order valence-electron chi connectivity index (χ3n) is 6.16. The van der Waals surface area contributed by atoms with Crippen LogP contribution in [0.15, 0.2) is 30.3 Å². The summed E-state index contributed by atoms with van der Waals surface area (Å²) in [7, 11) is 1.71. The molecule has 0 bridgehead atoms. The van der Waals surface area contributed by atoms with Gasteiger partial charge in [0.1, 0.15) is 0 Å². The van der Waals surface area contributed by atoms with Crippen LogP contribution in [-0.2, 0) is 9.47 Å². The first-order valence-electron chi connectivity index (χ1n) is 9.57. The van der Waals surface area contributed by atoms with Crippen LogP contribution in [0.2, 0.25) is 0 Å². The van der Waals surface area contributed by atoms with Crippen molar-refractivity contribution in [3.63, 3.8) is 0 Å². The molecule has 2 heterocycles. The molecule has 4 unspecified atom stereocenters. The average molecular weight is 352 g/mol. The maximum atomic E-state index is 13.2. The first-order chi connectivity index (χ1) is 12.8. The monoisotopic (exact) mass is 352 g/mol. The lowest BCUT2D eigenvalue weighted by molar-refractivity contribution is -0.0809. The number of rotatable bonds is 5. The highest BCUT2D eigenvalue weighted by Crippen LogP contribution is 2.44. The highest BCUT2D eigenvalue weighted by atomic mass is 16.5. The van der Waals surface area contributed by atoms with Crippen LogP contribution < -0.4 is 5.32 Å². The normalized spacial score (nSPS) is 30.0. The summed E-state index contributed by atoms with van der Waals surface area (Å²) in [5.74, 6) is 1.17. The molecule has 2 saturated carbocycles. The number of carbonyl (C=O) groups is 1. The van der Waals surface area contributed by atoms with Gasteiger partial charge in [0.2, 0.25) is 0 Å². The van der Waals surface area contributed by atoms with E-state index in [1.54, 1.807) is 7.11 Å². The SMILES string of the molecule is COCC1C(NC(=O)c2cc(C3CC3)nc3ccccc23)C2CCOC21.